The predicted octanol–water partition coefficient (Wildman–Crippen LogP) is 4.19. The fraction of sp³-hybridized carbons (Fsp3) is 0.550. The van der Waals surface area contributed by atoms with Crippen LogP contribution in [-0.2, 0) is 10.9 Å². The van der Waals surface area contributed by atoms with Crippen molar-refractivity contribution < 1.29 is 30.2 Å². The van der Waals surface area contributed by atoms with Crippen LogP contribution in [0.1, 0.15) is 56.9 Å². The van der Waals surface area contributed by atoms with E-state index in [4.69, 9.17) is 19.1 Å². The maximum atomic E-state index is 13.8. The molecule has 2 aromatic heterocycles. The number of imidazole rings is 1. The molecule has 0 aromatic carbocycles. The van der Waals surface area contributed by atoms with Crippen LogP contribution in [0.15, 0.2) is 12.3 Å². The molecule has 11 heteroatoms. The van der Waals surface area contributed by atoms with Gasteiger partial charge in [-0.2, -0.15) is 13.2 Å². The number of piperidine rings is 1. The van der Waals surface area contributed by atoms with E-state index in [1.165, 1.54) is 18.0 Å². The van der Waals surface area contributed by atoms with Crippen molar-refractivity contribution in [3.8, 4) is 0 Å². The molecule has 2 amide bonds. The maximum Gasteiger partial charge on any atom is 0.419 e. The summed E-state index contributed by atoms with van der Waals surface area (Å²) in [6, 6.07) is 0.717. The van der Waals surface area contributed by atoms with Crippen molar-refractivity contribution in [1.29, 1.82) is 0 Å². The van der Waals surface area contributed by atoms with Crippen LogP contribution in [0.2, 0.25) is 5.15 Å². The molecule has 0 saturated carbocycles. The summed E-state index contributed by atoms with van der Waals surface area (Å²) in [7, 11) is 0. The highest BCUT2D eigenvalue weighted by Gasteiger charge is 2.38. The van der Waals surface area contributed by atoms with Crippen molar-refractivity contribution >= 4 is 29.2 Å². The van der Waals surface area contributed by atoms with E-state index < -0.39 is 36.1 Å². The second kappa shape index (κ2) is 7.89. The molecule has 0 bridgehead atoms. The number of nitrogens with zero attached hydrogens (tertiary/aromatic N) is 4. The normalized spacial score (nSPS) is 21.1. The highest BCUT2D eigenvalue weighted by Crippen LogP contribution is 2.36. The molecule has 2 saturated heterocycles. The fourth-order valence-corrected chi connectivity index (χ4v) is 4.21. The van der Waals surface area contributed by atoms with Gasteiger partial charge in [-0.1, -0.05) is 25.4 Å². The smallest absolute Gasteiger partial charge is 0.419 e. The Labute approximate surface area is 184 Å². The number of ether oxygens (including phenoxy) is 1. The van der Waals surface area contributed by atoms with E-state index in [1.54, 1.807) is 4.90 Å². The summed E-state index contributed by atoms with van der Waals surface area (Å²) >= 11 is 6.32. The third-order valence-corrected chi connectivity index (χ3v) is 6.01. The quantitative estimate of drug-likeness (QED) is 0.686. The van der Waals surface area contributed by atoms with Crippen LogP contribution in [0.3, 0.4) is 0 Å². The molecule has 4 heterocycles. The van der Waals surface area contributed by atoms with E-state index in [9.17, 15) is 22.8 Å². The number of cyclic esters (lactones) is 1. The number of likely N-dealkylation sites (tertiary alicyclic amines) is 1. The Morgan fingerprint density at radius 1 is 1.39 bits per heavy atom. The zero-order valence-electron chi connectivity index (χ0n) is 18.7. The van der Waals surface area contributed by atoms with Crippen LogP contribution in [0.25, 0.3) is 5.65 Å². The van der Waals surface area contributed by atoms with Crippen molar-refractivity contribution in [3.63, 3.8) is 0 Å². The lowest BCUT2D eigenvalue weighted by Crippen LogP contribution is -2.47. The maximum absolute atomic E-state index is 13.8. The van der Waals surface area contributed by atoms with E-state index >= 15 is 0 Å². The number of halogens is 4. The Morgan fingerprint density at radius 2 is 2.10 bits per heavy atom. The van der Waals surface area contributed by atoms with Crippen LogP contribution in [0, 0.1) is 0 Å². The molecular formula is C20H22ClF3N4O3. The third-order valence-electron chi connectivity index (χ3n) is 5.65. The summed E-state index contributed by atoms with van der Waals surface area (Å²) in [5, 5.41) is -0.284. The van der Waals surface area contributed by atoms with Gasteiger partial charge in [-0.25, -0.2) is 9.78 Å². The largest absolute Gasteiger partial charge is 0.448 e. The molecule has 1 atom stereocenters. The van der Waals surface area contributed by atoms with Gasteiger partial charge < -0.3 is 14.5 Å². The summed E-state index contributed by atoms with van der Waals surface area (Å²) in [5.74, 6) is -2.21. The predicted molar refractivity (Wildman–Crippen MR) is 106 cm³/mol. The zero-order valence-corrected chi connectivity index (χ0v) is 17.5. The van der Waals surface area contributed by atoms with Gasteiger partial charge in [0.25, 0.3) is 5.91 Å². The van der Waals surface area contributed by atoms with E-state index in [1.807, 2.05) is 0 Å². The average Bonchev–Trinajstić information content (AvgIpc) is 3.35. The second-order valence-corrected chi connectivity index (χ2v) is 8.05. The summed E-state index contributed by atoms with van der Waals surface area (Å²) in [6.45, 7) is 2.27. The minimum atomic E-state index is -4.80. The Hall–Kier alpha value is -2.49. The van der Waals surface area contributed by atoms with Gasteiger partial charge >= 0.3 is 12.3 Å². The lowest BCUT2D eigenvalue weighted by atomic mass is 10.0. The first-order valence-electron chi connectivity index (χ1n) is 11.0. The van der Waals surface area contributed by atoms with Crippen molar-refractivity contribution in [2.24, 2.45) is 0 Å². The van der Waals surface area contributed by atoms with Crippen LogP contribution in [-0.4, -0.2) is 63.5 Å². The van der Waals surface area contributed by atoms with E-state index in [0.717, 1.165) is 10.5 Å². The van der Waals surface area contributed by atoms with Crippen molar-refractivity contribution in [2.75, 3.05) is 26.2 Å². The number of pyridine rings is 1. The van der Waals surface area contributed by atoms with Gasteiger partial charge in [-0.15, -0.1) is 0 Å². The molecule has 2 aliphatic heterocycles. The molecule has 2 aromatic rings. The molecule has 0 N–H and O–H groups in total. The first-order chi connectivity index (χ1) is 15.4. The van der Waals surface area contributed by atoms with Crippen molar-refractivity contribution in [1.82, 2.24) is 19.2 Å². The Balaban J connectivity index is 1.65. The van der Waals surface area contributed by atoms with Crippen LogP contribution in [0.4, 0.5) is 18.0 Å². The Bertz CT molecular complexity index is 1100. The molecule has 7 nitrogen and oxygen atoms in total. The van der Waals surface area contributed by atoms with Gasteiger partial charge in [0.05, 0.1) is 12.1 Å². The monoisotopic (exact) mass is 462 g/mol. The Morgan fingerprint density at radius 3 is 2.68 bits per heavy atom. The lowest BCUT2D eigenvalue weighted by molar-refractivity contribution is -0.136. The second-order valence-electron chi connectivity index (χ2n) is 7.70. The first-order valence-corrected chi connectivity index (χ1v) is 10.1. The van der Waals surface area contributed by atoms with Crippen LogP contribution in [0.5, 0.6) is 0 Å². The highest BCUT2D eigenvalue weighted by atomic mass is 35.5. The Kier molecular flexibility index (Phi) is 4.89. The van der Waals surface area contributed by atoms with Crippen molar-refractivity contribution in [2.45, 2.75) is 44.8 Å². The molecule has 4 rings (SSSR count). The number of carbonyl (C=O) groups excluding carboxylic acids is 2. The number of fused-ring (bicyclic) bond motifs is 1. The van der Waals surface area contributed by atoms with Crippen LogP contribution < -0.4 is 0 Å². The van der Waals surface area contributed by atoms with Gasteiger partial charge in [0, 0.05) is 28.1 Å². The van der Waals surface area contributed by atoms with Gasteiger partial charge in [0.15, 0.2) is 11.3 Å². The SMILES string of the molecule is [3H]CC([3H])(C)c1cc(C(F)(F)F)c2nc(C(=O)N3CCC(N4CCOC4=O)CC3)c(Cl)n2c1. The molecule has 168 valence electrons. The zero-order chi connectivity index (χ0) is 24.1. The molecule has 2 fully saturated rings. The molecule has 1 unspecified atom stereocenters. The molecule has 0 aliphatic carbocycles. The summed E-state index contributed by atoms with van der Waals surface area (Å²) in [5.41, 5.74) is -2.03. The minimum Gasteiger partial charge on any atom is -0.448 e. The first kappa shape index (κ1) is 19.2. The van der Waals surface area contributed by atoms with Gasteiger partial charge in [-0.3, -0.25) is 9.20 Å². The molecule has 0 radical (unpaired) electrons. The number of alkyl halides is 3. The minimum absolute atomic E-state index is 0.0612. The molecule has 2 aliphatic rings. The van der Waals surface area contributed by atoms with Gasteiger partial charge in [-0.05, 0) is 30.4 Å². The number of rotatable bonds is 3. The topological polar surface area (TPSA) is 67.2 Å². The number of hydrogen-bond donors (Lipinski definition) is 0. The van der Waals surface area contributed by atoms with Crippen molar-refractivity contribution in [3.05, 3.63) is 34.2 Å². The summed E-state index contributed by atoms with van der Waals surface area (Å²) < 4.78 is 62.9. The van der Waals surface area contributed by atoms with Crippen LogP contribution >= 0.6 is 11.6 Å². The van der Waals surface area contributed by atoms with Gasteiger partial charge in [0.2, 0.25) is 0 Å². The summed E-state index contributed by atoms with van der Waals surface area (Å²) in [6.07, 6.45) is -2.95. The summed E-state index contributed by atoms with van der Waals surface area (Å²) in [4.78, 5) is 31.9. The van der Waals surface area contributed by atoms with E-state index in [-0.39, 0.29) is 28.5 Å². The highest BCUT2D eigenvalue weighted by molar-refractivity contribution is 6.33. The fourth-order valence-electron chi connectivity index (χ4n) is 3.96. The average molecular weight is 463 g/mol. The number of amides is 2. The molecule has 31 heavy (non-hydrogen) atoms. The van der Waals surface area contributed by atoms with E-state index in [0.29, 0.717) is 39.1 Å². The number of aromatic nitrogens is 2. The molecular weight excluding hydrogens is 437 g/mol. The standard InChI is InChI=1S/C20H22ClF3N4O3/c1-11(2)12-9-14(20(22,23)24)17-25-15(16(21)28(17)10-12)18(29)26-5-3-13(4-6-26)27-7-8-31-19(27)30/h9-11,13H,3-8H2,1-2H3/i1T,11T. The van der Waals surface area contributed by atoms with Gasteiger partial charge in [0.1, 0.15) is 11.8 Å². The van der Waals surface area contributed by atoms with E-state index in [2.05, 4.69) is 4.98 Å². The lowest BCUT2D eigenvalue weighted by Gasteiger charge is -2.35. The number of carbonyl (C=O) groups is 2. The molecule has 0 spiro atoms. The number of hydrogen-bond acceptors (Lipinski definition) is 4. The third kappa shape index (κ3) is 3.93.